The number of fused-ring (bicyclic) bond motifs is 1. The third-order valence-corrected chi connectivity index (χ3v) is 4.93. The Hall–Kier alpha value is -1.33. The first-order valence-corrected chi connectivity index (χ1v) is 8.48. The number of piperidine rings is 1. The van der Waals surface area contributed by atoms with Gasteiger partial charge >= 0.3 is 0 Å². The minimum Gasteiger partial charge on any atom is -0.371 e. The molecule has 1 aromatic heterocycles. The van der Waals surface area contributed by atoms with E-state index in [1.165, 1.54) is 0 Å². The second-order valence-electron chi connectivity index (χ2n) is 5.71. The largest absolute Gasteiger partial charge is 0.371 e. The zero-order chi connectivity index (χ0) is 15.7. The Morgan fingerprint density at radius 3 is 2.82 bits per heavy atom. The van der Waals surface area contributed by atoms with Gasteiger partial charge in [-0.25, -0.2) is 0 Å². The van der Waals surface area contributed by atoms with Gasteiger partial charge in [-0.3, -0.25) is 9.78 Å². The first-order chi connectivity index (χ1) is 10.5. The van der Waals surface area contributed by atoms with Gasteiger partial charge in [0.05, 0.1) is 10.5 Å². The Morgan fingerprint density at radius 1 is 1.41 bits per heavy atom. The number of aromatic nitrogens is 1. The van der Waals surface area contributed by atoms with E-state index in [1.54, 1.807) is 6.20 Å². The standard InChI is InChI=1S/C16H17BrClN3O/c17-11-8-12-14(1-4-20-16(12)13(18)9-11)21-5-2-10(3-6-21)7-15(19)22/h1,4,8-10H,2-3,5-7H2,(H2,19,22). The maximum Gasteiger partial charge on any atom is 0.217 e. The van der Waals surface area contributed by atoms with E-state index in [-0.39, 0.29) is 5.91 Å². The average Bonchev–Trinajstić information content (AvgIpc) is 2.47. The van der Waals surface area contributed by atoms with Crippen molar-refractivity contribution >= 4 is 50.0 Å². The summed E-state index contributed by atoms with van der Waals surface area (Å²) in [4.78, 5) is 17.8. The van der Waals surface area contributed by atoms with Crippen LogP contribution in [0.3, 0.4) is 0 Å². The molecule has 0 unspecified atom stereocenters. The summed E-state index contributed by atoms with van der Waals surface area (Å²) in [6.45, 7) is 1.84. The number of rotatable bonds is 3. The van der Waals surface area contributed by atoms with Gasteiger partial charge in [0.15, 0.2) is 0 Å². The lowest BCUT2D eigenvalue weighted by Crippen LogP contribution is -2.35. The minimum absolute atomic E-state index is 0.205. The van der Waals surface area contributed by atoms with Gasteiger partial charge < -0.3 is 10.6 Å². The van der Waals surface area contributed by atoms with Gasteiger partial charge in [-0.15, -0.1) is 0 Å². The van der Waals surface area contributed by atoms with Crippen molar-refractivity contribution in [2.45, 2.75) is 19.3 Å². The molecule has 2 heterocycles. The zero-order valence-electron chi connectivity index (χ0n) is 12.1. The quantitative estimate of drug-likeness (QED) is 0.879. The summed E-state index contributed by atoms with van der Waals surface area (Å²) in [5.41, 5.74) is 7.26. The van der Waals surface area contributed by atoms with Crippen LogP contribution < -0.4 is 10.6 Å². The number of halogens is 2. The van der Waals surface area contributed by atoms with E-state index in [4.69, 9.17) is 17.3 Å². The monoisotopic (exact) mass is 381 g/mol. The number of primary amides is 1. The van der Waals surface area contributed by atoms with Crippen LogP contribution in [-0.4, -0.2) is 24.0 Å². The molecule has 1 aliphatic heterocycles. The molecule has 3 rings (SSSR count). The molecule has 6 heteroatoms. The topological polar surface area (TPSA) is 59.2 Å². The van der Waals surface area contributed by atoms with E-state index in [0.717, 1.165) is 47.0 Å². The molecule has 1 amide bonds. The maximum atomic E-state index is 11.0. The second kappa shape index (κ2) is 6.42. The summed E-state index contributed by atoms with van der Waals surface area (Å²) in [6.07, 6.45) is 4.25. The van der Waals surface area contributed by atoms with Gasteiger partial charge in [-0.05, 0) is 37.0 Å². The van der Waals surface area contributed by atoms with Crippen molar-refractivity contribution in [1.29, 1.82) is 0 Å². The highest BCUT2D eigenvalue weighted by Crippen LogP contribution is 2.34. The maximum absolute atomic E-state index is 11.0. The van der Waals surface area contributed by atoms with Crippen LogP contribution in [0.2, 0.25) is 5.02 Å². The van der Waals surface area contributed by atoms with Gasteiger partial charge in [0.1, 0.15) is 0 Å². The fourth-order valence-corrected chi connectivity index (χ4v) is 3.96. The van der Waals surface area contributed by atoms with Crippen LogP contribution in [0.4, 0.5) is 5.69 Å². The SMILES string of the molecule is NC(=O)CC1CCN(c2ccnc3c(Cl)cc(Br)cc23)CC1. The number of carbonyl (C=O) groups excluding carboxylic acids is 1. The summed E-state index contributed by atoms with van der Waals surface area (Å²) in [5.74, 6) is 0.195. The number of benzene rings is 1. The van der Waals surface area contributed by atoms with Crippen molar-refractivity contribution < 1.29 is 4.79 Å². The molecular weight excluding hydrogens is 366 g/mol. The van der Waals surface area contributed by atoms with Gasteiger partial charge in [0, 0.05) is 41.3 Å². The number of pyridine rings is 1. The Morgan fingerprint density at radius 2 is 2.14 bits per heavy atom. The fourth-order valence-electron chi connectivity index (χ4n) is 3.10. The molecule has 1 fully saturated rings. The summed E-state index contributed by atoms with van der Waals surface area (Å²) in [7, 11) is 0. The number of amides is 1. The predicted octanol–water partition coefficient (Wildman–Crippen LogP) is 3.74. The van der Waals surface area contributed by atoms with Crippen LogP contribution in [0.1, 0.15) is 19.3 Å². The van der Waals surface area contributed by atoms with Crippen LogP contribution in [-0.2, 0) is 4.79 Å². The second-order valence-corrected chi connectivity index (χ2v) is 7.04. The zero-order valence-corrected chi connectivity index (χ0v) is 14.4. The molecule has 0 aliphatic carbocycles. The number of hydrogen-bond acceptors (Lipinski definition) is 3. The van der Waals surface area contributed by atoms with Crippen molar-refractivity contribution in [2.24, 2.45) is 11.7 Å². The summed E-state index contributed by atoms with van der Waals surface area (Å²) < 4.78 is 0.947. The van der Waals surface area contributed by atoms with Crippen LogP contribution in [0.25, 0.3) is 10.9 Å². The third kappa shape index (κ3) is 3.20. The lowest BCUT2D eigenvalue weighted by molar-refractivity contribution is -0.119. The van der Waals surface area contributed by atoms with Crippen molar-refractivity contribution in [3.8, 4) is 0 Å². The summed E-state index contributed by atoms with van der Waals surface area (Å²) in [5, 5.41) is 1.70. The molecule has 22 heavy (non-hydrogen) atoms. The minimum atomic E-state index is -0.205. The number of nitrogens with two attached hydrogens (primary N) is 1. The first kappa shape index (κ1) is 15.6. The number of hydrogen-bond donors (Lipinski definition) is 1. The van der Waals surface area contributed by atoms with Crippen LogP contribution in [0.5, 0.6) is 0 Å². The first-order valence-electron chi connectivity index (χ1n) is 7.31. The lowest BCUT2D eigenvalue weighted by Gasteiger charge is -2.33. The Labute approximate surface area is 142 Å². The van der Waals surface area contributed by atoms with E-state index in [0.29, 0.717) is 17.4 Å². The van der Waals surface area contributed by atoms with E-state index in [9.17, 15) is 4.79 Å². The molecule has 0 saturated carbocycles. The highest BCUT2D eigenvalue weighted by Gasteiger charge is 2.22. The average molecular weight is 383 g/mol. The smallest absolute Gasteiger partial charge is 0.217 e. The molecule has 116 valence electrons. The molecule has 0 bridgehead atoms. The molecule has 2 aromatic rings. The van der Waals surface area contributed by atoms with Gasteiger partial charge in [0.2, 0.25) is 5.91 Å². The van der Waals surface area contributed by atoms with Crippen molar-refractivity contribution in [3.63, 3.8) is 0 Å². The van der Waals surface area contributed by atoms with E-state index < -0.39 is 0 Å². The summed E-state index contributed by atoms with van der Waals surface area (Å²) in [6, 6.07) is 5.94. The highest BCUT2D eigenvalue weighted by atomic mass is 79.9. The lowest BCUT2D eigenvalue weighted by atomic mass is 9.93. The van der Waals surface area contributed by atoms with Crippen LogP contribution >= 0.6 is 27.5 Å². The van der Waals surface area contributed by atoms with Crippen molar-refractivity contribution in [3.05, 3.63) is 33.9 Å². The van der Waals surface area contributed by atoms with Gasteiger partial charge in [0.25, 0.3) is 0 Å². The van der Waals surface area contributed by atoms with Gasteiger partial charge in [-0.2, -0.15) is 0 Å². The molecule has 1 saturated heterocycles. The third-order valence-electron chi connectivity index (χ3n) is 4.19. The Balaban J connectivity index is 1.87. The fraction of sp³-hybridized carbons (Fsp3) is 0.375. The van der Waals surface area contributed by atoms with Crippen LogP contribution in [0.15, 0.2) is 28.9 Å². The number of anilines is 1. The van der Waals surface area contributed by atoms with E-state index >= 15 is 0 Å². The molecule has 1 aliphatic rings. The molecule has 1 aromatic carbocycles. The van der Waals surface area contributed by atoms with Crippen LogP contribution in [0, 0.1) is 5.92 Å². The molecule has 4 nitrogen and oxygen atoms in total. The number of carbonyl (C=O) groups is 1. The Kier molecular flexibility index (Phi) is 4.54. The van der Waals surface area contributed by atoms with Gasteiger partial charge in [-0.1, -0.05) is 27.5 Å². The number of nitrogens with zero attached hydrogens (tertiary/aromatic N) is 2. The van der Waals surface area contributed by atoms with Crippen molar-refractivity contribution in [2.75, 3.05) is 18.0 Å². The molecular formula is C16H17BrClN3O. The molecule has 2 N–H and O–H groups in total. The van der Waals surface area contributed by atoms with Crippen molar-refractivity contribution in [1.82, 2.24) is 4.98 Å². The van der Waals surface area contributed by atoms with E-state index in [2.05, 4.69) is 31.9 Å². The van der Waals surface area contributed by atoms with E-state index in [1.807, 2.05) is 12.1 Å². The Bertz CT molecular complexity index is 714. The predicted molar refractivity (Wildman–Crippen MR) is 93.2 cm³/mol. The molecule has 0 spiro atoms. The molecule has 0 atom stereocenters. The highest BCUT2D eigenvalue weighted by molar-refractivity contribution is 9.10. The normalized spacial score (nSPS) is 16.2. The molecule has 0 radical (unpaired) electrons. The summed E-state index contributed by atoms with van der Waals surface area (Å²) >= 11 is 9.79.